The van der Waals surface area contributed by atoms with Crippen molar-refractivity contribution in [3.05, 3.63) is 41.6 Å². The van der Waals surface area contributed by atoms with Gasteiger partial charge < -0.3 is 5.32 Å². The van der Waals surface area contributed by atoms with Crippen LogP contribution in [0.4, 0.5) is 5.69 Å². The zero-order chi connectivity index (χ0) is 11.4. The lowest BCUT2D eigenvalue weighted by Crippen LogP contribution is -2.05. The van der Waals surface area contributed by atoms with Crippen molar-refractivity contribution < 1.29 is 0 Å². The van der Waals surface area contributed by atoms with Crippen molar-refractivity contribution >= 4 is 5.69 Å². The summed E-state index contributed by atoms with van der Waals surface area (Å²) < 4.78 is 0. The van der Waals surface area contributed by atoms with E-state index in [9.17, 15) is 0 Å². The molecule has 0 fully saturated rings. The van der Waals surface area contributed by atoms with E-state index in [0.717, 1.165) is 12.1 Å². The molecular weight excluding hydrogens is 182 g/mol. The van der Waals surface area contributed by atoms with Gasteiger partial charge in [-0.15, -0.1) is 0 Å². The van der Waals surface area contributed by atoms with Gasteiger partial charge in [-0.25, -0.2) is 0 Å². The van der Waals surface area contributed by atoms with Crippen LogP contribution in [0.3, 0.4) is 0 Å². The van der Waals surface area contributed by atoms with Crippen molar-refractivity contribution in [3.63, 3.8) is 0 Å². The maximum absolute atomic E-state index is 4.02. The van der Waals surface area contributed by atoms with Crippen LogP contribution in [0.5, 0.6) is 0 Å². The number of allylic oxidation sites excluding steroid dienone is 1. The van der Waals surface area contributed by atoms with Crippen molar-refractivity contribution in [3.8, 4) is 0 Å². The maximum atomic E-state index is 4.02. The van der Waals surface area contributed by atoms with Crippen molar-refractivity contribution in [2.75, 3.05) is 5.32 Å². The van der Waals surface area contributed by atoms with E-state index in [-0.39, 0.29) is 0 Å². The highest BCUT2D eigenvalue weighted by Crippen LogP contribution is 2.20. The van der Waals surface area contributed by atoms with Gasteiger partial charge in [0.25, 0.3) is 0 Å². The number of aryl methyl sites for hydroxylation is 2. The van der Waals surface area contributed by atoms with Crippen LogP contribution in [-0.2, 0) is 6.42 Å². The number of nitrogens with one attached hydrogen (secondary N) is 1. The van der Waals surface area contributed by atoms with Crippen LogP contribution in [0.25, 0.3) is 0 Å². The Morgan fingerprint density at radius 1 is 1.40 bits per heavy atom. The molecule has 0 aromatic heterocycles. The number of benzene rings is 1. The normalized spacial score (nSPS) is 10.5. The Hall–Kier alpha value is -1.24. The average molecular weight is 203 g/mol. The summed E-state index contributed by atoms with van der Waals surface area (Å²) in [6, 6.07) is 6.54. The quantitative estimate of drug-likeness (QED) is 0.775. The molecule has 1 rings (SSSR count). The van der Waals surface area contributed by atoms with E-state index in [1.165, 1.54) is 16.8 Å². The molecule has 1 aromatic carbocycles. The van der Waals surface area contributed by atoms with Gasteiger partial charge in [-0.05, 0) is 36.5 Å². The summed E-state index contributed by atoms with van der Waals surface area (Å²) in [4.78, 5) is 0. The molecule has 1 heteroatoms. The number of anilines is 1. The smallest absolute Gasteiger partial charge is 0.0411 e. The molecule has 82 valence electrons. The molecule has 0 heterocycles. The van der Waals surface area contributed by atoms with Crippen LogP contribution >= 0.6 is 0 Å². The zero-order valence-corrected chi connectivity index (χ0v) is 10.2. The van der Waals surface area contributed by atoms with Crippen molar-refractivity contribution in [2.45, 2.75) is 34.1 Å². The molecule has 0 bridgehead atoms. The first-order valence-corrected chi connectivity index (χ1v) is 5.60. The van der Waals surface area contributed by atoms with Gasteiger partial charge in [0.05, 0.1) is 0 Å². The van der Waals surface area contributed by atoms with Crippen molar-refractivity contribution in [1.29, 1.82) is 0 Å². The van der Waals surface area contributed by atoms with E-state index in [1.807, 2.05) is 0 Å². The van der Waals surface area contributed by atoms with Gasteiger partial charge in [-0.1, -0.05) is 39.5 Å². The summed E-state index contributed by atoms with van der Waals surface area (Å²) in [6.45, 7) is 12.6. The Bertz CT molecular complexity index is 350. The van der Waals surface area contributed by atoms with E-state index in [4.69, 9.17) is 0 Å². The lowest BCUT2D eigenvalue weighted by atomic mass is 10.1. The van der Waals surface area contributed by atoms with Crippen molar-refractivity contribution in [1.82, 2.24) is 0 Å². The highest BCUT2D eigenvalue weighted by atomic mass is 14.9. The van der Waals surface area contributed by atoms with Crippen molar-refractivity contribution in [2.24, 2.45) is 5.92 Å². The van der Waals surface area contributed by atoms with Crippen LogP contribution in [0.2, 0.25) is 0 Å². The Kier molecular flexibility index (Phi) is 3.96. The van der Waals surface area contributed by atoms with E-state index >= 15 is 0 Å². The molecule has 0 aliphatic heterocycles. The molecular formula is C14H21N. The molecule has 0 saturated heterocycles. The van der Waals surface area contributed by atoms with E-state index < -0.39 is 0 Å². The largest absolute Gasteiger partial charge is 0.359 e. The molecule has 0 spiro atoms. The fourth-order valence-electron chi connectivity index (χ4n) is 1.40. The SMILES string of the molecule is C=C(Nc1ccc(CC)cc1C)C(C)C. The summed E-state index contributed by atoms with van der Waals surface area (Å²) in [5.74, 6) is 0.468. The topological polar surface area (TPSA) is 12.0 Å². The molecule has 0 aliphatic rings. The Balaban J connectivity index is 2.83. The zero-order valence-electron chi connectivity index (χ0n) is 10.2. The van der Waals surface area contributed by atoms with Crippen LogP contribution in [0.1, 0.15) is 31.9 Å². The number of hydrogen-bond donors (Lipinski definition) is 1. The van der Waals surface area contributed by atoms with Gasteiger partial charge in [0.1, 0.15) is 0 Å². The predicted octanol–water partition coefficient (Wildman–Crippen LogP) is 4.14. The second-order valence-corrected chi connectivity index (χ2v) is 4.31. The van der Waals surface area contributed by atoms with Crippen LogP contribution < -0.4 is 5.32 Å². The summed E-state index contributed by atoms with van der Waals surface area (Å²) in [5.41, 5.74) is 4.91. The van der Waals surface area contributed by atoms with Crippen LogP contribution in [0, 0.1) is 12.8 Å². The molecule has 0 amide bonds. The molecule has 0 saturated carbocycles. The summed E-state index contributed by atoms with van der Waals surface area (Å²) in [7, 11) is 0. The van der Waals surface area contributed by atoms with Gasteiger partial charge in [-0.2, -0.15) is 0 Å². The first kappa shape index (κ1) is 11.8. The monoisotopic (exact) mass is 203 g/mol. The minimum Gasteiger partial charge on any atom is -0.359 e. The minimum atomic E-state index is 0.468. The van der Waals surface area contributed by atoms with Gasteiger partial charge in [0.15, 0.2) is 0 Å². The maximum Gasteiger partial charge on any atom is 0.0411 e. The summed E-state index contributed by atoms with van der Waals surface area (Å²) in [5, 5.41) is 3.37. The third kappa shape index (κ3) is 3.12. The second kappa shape index (κ2) is 5.01. The third-order valence-electron chi connectivity index (χ3n) is 2.69. The molecule has 0 aliphatic carbocycles. The highest BCUT2D eigenvalue weighted by molar-refractivity contribution is 5.55. The van der Waals surface area contributed by atoms with Gasteiger partial charge >= 0.3 is 0 Å². The second-order valence-electron chi connectivity index (χ2n) is 4.31. The van der Waals surface area contributed by atoms with E-state index in [1.54, 1.807) is 0 Å². The molecule has 1 N–H and O–H groups in total. The first-order valence-electron chi connectivity index (χ1n) is 5.60. The standard InChI is InChI=1S/C14H21N/c1-6-13-7-8-14(11(4)9-13)15-12(5)10(2)3/h7-10,15H,5-6H2,1-4H3. The van der Waals surface area contributed by atoms with Gasteiger partial charge in [0, 0.05) is 11.4 Å². The fourth-order valence-corrected chi connectivity index (χ4v) is 1.40. The minimum absolute atomic E-state index is 0.468. The van der Waals surface area contributed by atoms with Gasteiger partial charge in [-0.3, -0.25) is 0 Å². The van der Waals surface area contributed by atoms with Crippen LogP contribution in [0.15, 0.2) is 30.5 Å². The third-order valence-corrected chi connectivity index (χ3v) is 2.69. The molecule has 15 heavy (non-hydrogen) atoms. The lowest BCUT2D eigenvalue weighted by Gasteiger charge is -2.15. The summed E-state index contributed by atoms with van der Waals surface area (Å²) >= 11 is 0. The summed E-state index contributed by atoms with van der Waals surface area (Å²) in [6.07, 6.45) is 1.09. The highest BCUT2D eigenvalue weighted by Gasteiger charge is 2.03. The number of hydrogen-bond acceptors (Lipinski definition) is 1. The van der Waals surface area contributed by atoms with E-state index in [2.05, 4.69) is 57.8 Å². The fraction of sp³-hybridized carbons (Fsp3) is 0.429. The predicted molar refractivity (Wildman–Crippen MR) is 68.2 cm³/mol. The molecule has 1 aromatic rings. The molecule has 0 unspecified atom stereocenters. The first-order chi connectivity index (χ1) is 7.04. The average Bonchev–Trinajstić information content (AvgIpc) is 2.20. The Morgan fingerprint density at radius 3 is 2.53 bits per heavy atom. The lowest BCUT2D eigenvalue weighted by molar-refractivity contribution is 0.778. The Morgan fingerprint density at radius 2 is 2.07 bits per heavy atom. The van der Waals surface area contributed by atoms with E-state index in [0.29, 0.717) is 5.92 Å². The van der Waals surface area contributed by atoms with Gasteiger partial charge in [0.2, 0.25) is 0 Å². The number of rotatable bonds is 4. The molecule has 0 atom stereocenters. The van der Waals surface area contributed by atoms with Crippen LogP contribution in [-0.4, -0.2) is 0 Å². The molecule has 1 nitrogen and oxygen atoms in total. The Labute approximate surface area is 93.2 Å². The molecule has 0 radical (unpaired) electrons.